The summed E-state index contributed by atoms with van der Waals surface area (Å²) in [4.78, 5) is 12.7. The first-order valence-corrected chi connectivity index (χ1v) is 11.6. The standard InChI is InChI=1S/C24H34N2O.CH3Br/c1-23(2,3)18-24(4,5)22(27)25-20-13-15-21(16-14-20)26(6,7)17-19-11-9-8-10-12-19;1-2/h8-16H,17-18H2,1-7H3;1H3/p+1. The van der Waals surface area contributed by atoms with E-state index in [1.165, 1.54) is 11.3 Å². The molecule has 160 valence electrons. The van der Waals surface area contributed by atoms with Crippen LogP contribution in [0.1, 0.15) is 46.6 Å². The highest BCUT2D eigenvalue weighted by Gasteiger charge is 2.32. The molecule has 1 N–H and O–H groups in total. The summed E-state index contributed by atoms with van der Waals surface area (Å²) in [6, 6.07) is 18.7. The Labute approximate surface area is 186 Å². The molecule has 29 heavy (non-hydrogen) atoms. The molecule has 0 spiro atoms. The van der Waals surface area contributed by atoms with E-state index < -0.39 is 5.41 Å². The summed E-state index contributed by atoms with van der Waals surface area (Å²) < 4.78 is 0.758. The fraction of sp³-hybridized carbons (Fsp3) is 0.480. The number of anilines is 1. The molecule has 0 heterocycles. The summed E-state index contributed by atoms with van der Waals surface area (Å²) >= 11 is 2.94. The molecule has 0 saturated carbocycles. The second-order valence-electron chi connectivity index (χ2n) is 9.95. The summed E-state index contributed by atoms with van der Waals surface area (Å²) in [7, 11) is 4.40. The quantitative estimate of drug-likeness (QED) is 0.369. The number of halogens is 1. The third-order valence-electron chi connectivity index (χ3n) is 4.83. The van der Waals surface area contributed by atoms with Crippen LogP contribution in [0.3, 0.4) is 0 Å². The van der Waals surface area contributed by atoms with Gasteiger partial charge in [0.25, 0.3) is 0 Å². The van der Waals surface area contributed by atoms with E-state index in [4.69, 9.17) is 0 Å². The third-order valence-corrected chi connectivity index (χ3v) is 4.83. The van der Waals surface area contributed by atoms with E-state index in [1.54, 1.807) is 0 Å². The van der Waals surface area contributed by atoms with Crippen LogP contribution < -0.4 is 9.80 Å². The molecule has 0 aliphatic carbocycles. The molecule has 0 fully saturated rings. The summed E-state index contributed by atoms with van der Waals surface area (Å²) in [5, 5.41) is 3.09. The van der Waals surface area contributed by atoms with Crippen molar-refractivity contribution in [2.24, 2.45) is 10.8 Å². The lowest BCUT2D eigenvalue weighted by molar-refractivity contribution is -0.125. The Bertz CT molecular complexity index is 760. The van der Waals surface area contributed by atoms with E-state index in [0.717, 1.165) is 23.1 Å². The number of benzene rings is 2. The number of carbonyl (C=O) groups excluding carboxylic acids is 1. The molecule has 0 unspecified atom stereocenters. The van der Waals surface area contributed by atoms with Crippen molar-refractivity contribution in [1.82, 2.24) is 4.48 Å². The average Bonchev–Trinajstić information content (AvgIpc) is 2.62. The van der Waals surface area contributed by atoms with Crippen molar-refractivity contribution in [2.75, 3.05) is 25.2 Å². The number of carbonyl (C=O) groups is 1. The van der Waals surface area contributed by atoms with Crippen LogP contribution >= 0.6 is 15.9 Å². The monoisotopic (exact) mass is 461 g/mol. The molecule has 2 aromatic carbocycles. The second-order valence-corrected chi connectivity index (χ2v) is 9.95. The van der Waals surface area contributed by atoms with E-state index in [-0.39, 0.29) is 11.3 Å². The predicted molar refractivity (Wildman–Crippen MR) is 132 cm³/mol. The Morgan fingerprint density at radius 1 is 0.897 bits per heavy atom. The molecule has 0 aliphatic rings. The van der Waals surface area contributed by atoms with Gasteiger partial charge in [-0.3, -0.25) is 9.28 Å². The van der Waals surface area contributed by atoms with Crippen LogP contribution in [0.2, 0.25) is 0 Å². The molecule has 1 amide bonds. The topological polar surface area (TPSA) is 29.1 Å². The smallest absolute Gasteiger partial charge is 0.230 e. The Hall–Kier alpha value is -1.65. The van der Waals surface area contributed by atoms with Crippen molar-refractivity contribution in [3.63, 3.8) is 0 Å². The van der Waals surface area contributed by atoms with Gasteiger partial charge in [0.15, 0.2) is 0 Å². The van der Waals surface area contributed by atoms with Crippen molar-refractivity contribution < 1.29 is 4.79 Å². The summed E-state index contributed by atoms with van der Waals surface area (Å²) in [6.07, 6.45) is 0.838. The number of hydrogen-bond acceptors (Lipinski definition) is 1. The molecule has 2 rings (SSSR count). The number of amides is 1. The van der Waals surface area contributed by atoms with Crippen LogP contribution in [0.25, 0.3) is 0 Å². The number of alkyl halides is 1. The van der Waals surface area contributed by atoms with Gasteiger partial charge >= 0.3 is 0 Å². The minimum absolute atomic E-state index is 0.0724. The molecule has 0 atom stereocenters. The lowest BCUT2D eigenvalue weighted by Gasteiger charge is -2.31. The molecule has 4 heteroatoms. The number of quaternary nitrogens is 1. The van der Waals surface area contributed by atoms with Gasteiger partial charge in [-0.15, -0.1) is 0 Å². The minimum atomic E-state index is -0.403. The lowest BCUT2D eigenvalue weighted by atomic mass is 9.75. The Morgan fingerprint density at radius 3 is 1.90 bits per heavy atom. The van der Waals surface area contributed by atoms with Gasteiger partial charge in [0.1, 0.15) is 12.2 Å². The SMILES string of the molecule is CBr.CC(C)(C)CC(C)(C)C(=O)Nc1ccc([N+](C)(C)Cc2ccccc2)cc1. The van der Waals surface area contributed by atoms with Crippen molar-refractivity contribution in [3.8, 4) is 0 Å². The summed E-state index contributed by atoms with van der Waals surface area (Å²) in [6.45, 7) is 11.5. The van der Waals surface area contributed by atoms with Crippen molar-refractivity contribution in [2.45, 2.75) is 47.6 Å². The normalized spacial score (nSPS) is 12.0. The van der Waals surface area contributed by atoms with Crippen LogP contribution in [0, 0.1) is 10.8 Å². The molecule has 0 bridgehead atoms. The lowest BCUT2D eigenvalue weighted by Crippen LogP contribution is -2.39. The van der Waals surface area contributed by atoms with Gasteiger partial charge in [0.05, 0.1) is 14.1 Å². The zero-order chi connectivity index (χ0) is 22.3. The van der Waals surface area contributed by atoms with Crippen LogP contribution in [-0.4, -0.2) is 25.8 Å². The molecular formula is C25H38BrN2O+. The first kappa shape index (κ1) is 25.4. The molecule has 3 nitrogen and oxygen atoms in total. The first-order valence-electron chi connectivity index (χ1n) is 10.1. The Balaban J connectivity index is 0.00000204. The second kappa shape index (κ2) is 10.4. The molecule has 0 radical (unpaired) electrons. The van der Waals surface area contributed by atoms with E-state index in [2.05, 4.69) is 92.5 Å². The zero-order valence-corrected chi connectivity index (χ0v) is 20.9. The van der Waals surface area contributed by atoms with Crippen molar-refractivity contribution in [3.05, 3.63) is 60.2 Å². The maximum absolute atomic E-state index is 12.7. The van der Waals surface area contributed by atoms with E-state index >= 15 is 0 Å². The Kier molecular flexibility index (Phi) is 9.10. The molecule has 0 aliphatic heterocycles. The number of rotatable bonds is 6. The van der Waals surface area contributed by atoms with Gasteiger partial charge in [-0.05, 0) is 29.8 Å². The van der Waals surface area contributed by atoms with Crippen LogP contribution in [0.15, 0.2) is 54.6 Å². The van der Waals surface area contributed by atoms with E-state index in [9.17, 15) is 4.79 Å². The highest BCUT2D eigenvalue weighted by Crippen LogP contribution is 2.34. The zero-order valence-electron chi connectivity index (χ0n) is 19.3. The number of nitrogens with zero attached hydrogens (tertiary/aromatic N) is 1. The van der Waals surface area contributed by atoms with Crippen LogP contribution in [0.5, 0.6) is 0 Å². The third kappa shape index (κ3) is 8.31. The molecule has 2 aromatic rings. The minimum Gasteiger partial charge on any atom is -0.326 e. The summed E-state index contributed by atoms with van der Waals surface area (Å²) in [5.41, 5.74) is 3.09. The maximum Gasteiger partial charge on any atom is 0.230 e. The van der Waals surface area contributed by atoms with Gasteiger partial charge in [0, 0.05) is 28.8 Å². The maximum atomic E-state index is 12.7. The van der Waals surface area contributed by atoms with Gasteiger partial charge < -0.3 is 5.32 Å². The highest BCUT2D eigenvalue weighted by atomic mass is 79.9. The van der Waals surface area contributed by atoms with Crippen molar-refractivity contribution >= 4 is 33.2 Å². The highest BCUT2D eigenvalue weighted by molar-refractivity contribution is 9.08. The van der Waals surface area contributed by atoms with Gasteiger partial charge in [-0.2, -0.15) is 0 Å². The van der Waals surface area contributed by atoms with E-state index in [1.807, 2.05) is 37.9 Å². The molecular weight excluding hydrogens is 424 g/mol. The van der Waals surface area contributed by atoms with Crippen LogP contribution in [0.4, 0.5) is 11.4 Å². The van der Waals surface area contributed by atoms with E-state index in [0.29, 0.717) is 0 Å². The van der Waals surface area contributed by atoms with Gasteiger partial charge in [-0.25, -0.2) is 0 Å². The number of nitrogens with one attached hydrogen (secondary N) is 1. The first-order chi connectivity index (χ1) is 13.4. The Morgan fingerprint density at radius 2 is 1.41 bits per heavy atom. The number of hydrogen-bond donors (Lipinski definition) is 1. The summed E-state index contributed by atoms with van der Waals surface area (Å²) in [5.74, 6) is 1.88. The molecule has 0 saturated heterocycles. The van der Waals surface area contributed by atoms with Gasteiger partial charge in [-0.1, -0.05) is 80.9 Å². The van der Waals surface area contributed by atoms with Crippen LogP contribution in [-0.2, 0) is 11.3 Å². The van der Waals surface area contributed by atoms with Crippen molar-refractivity contribution in [1.29, 1.82) is 0 Å². The fourth-order valence-electron chi connectivity index (χ4n) is 3.79. The molecule has 0 aromatic heterocycles. The largest absolute Gasteiger partial charge is 0.326 e. The van der Waals surface area contributed by atoms with Gasteiger partial charge in [0.2, 0.25) is 5.91 Å². The average molecular weight is 462 g/mol. The predicted octanol–water partition coefficient (Wildman–Crippen LogP) is 6.87. The fourth-order valence-corrected chi connectivity index (χ4v) is 3.79.